The summed E-state index contributed by atoms with van der Waals surface area (Å²) in [6.07, 6.45) is 2.36. The highest BCUT2D eigenvalue weighted by Gasteiger charge is 2.47. The van der Waals surface area contributed by atoms with Crippen LogP contribution in [-0.2, 0) is 9.53 Å². The van der Waals surface area contributed by atoms with Crippen LogP contribution in [0.2, 0.25) is 0 Å². The van der Waals surface area contributed by atoms with Crippen LogP contribution in [0.3, 0.4) is 0 Å². The van der Waals surface area contributed by atoms with Gasteiger partial charge in [-0.25, -0.2) is 14.2 Å². The maximum Gasteiger partial charge on any atom is 0.353 e. The molecular formula is C25H34FN5O4. The normalized spacial score (nSPS) is 16.9. The van der Waals surface area contributed by atoms with Gasteiger partial charge in [-0.2, -0.15) is 4.98 Å². The molecule has 1 aliphatic rings. The van der Waals surface area contributed by atoms with Gasteiger partial charge in [0.05, 0.1) is 27.5 Å². The van der Waals surface area contributed by atoms with Crippen LogP contribution in [0.25, 0.3) is 0 Å². The third-order valence-electron chi connectivity index (χ3n) is 6.09. The Labute approximate surface area is 205 Å². The summed E-state index contributed by atoms with van der Waals surface area (Å²) in [5.41, 5.74) is 0.0313. The maximum absolute atomic E-state index is 14.7. The number of nitrogens with one attached hydrogen (secondary N) is 2. The summed E-state index contributed by atoms with van der Waals surface area (Å²) in [5.74, 6) is 0.475. The predicted octanol–water partition coefficient (Wildman–Crippen LogP) is 4.50. The number of likely N-dealkylation sites (tertiary alicyclic amines) is 1. The standard InChI is InChI=1S/C25H34FN5O4/c1-15(22(32)35-8)31-24(2,3)12-17(13-25(31,4)5)28-21-20(26)14-27-23(30-21)29-16-9-18(33-6)11-19(10-16)34-7/h9-11,14,17H,1,12-13H2,2-8H3,(H2,27,28,29,30). The van der Waals surface area contributed by atoms with E-state index in [1.165, 1.54) is 7.11 Å². The summed E-state index contributed by atoms with van der Waals surface area (Å²) in [4.78, 5) is 22.6. The molecule has 1 fully saturated rings. The van der Waals surface area contributed by atoms with Crippen molar-refractivity contribution in [3.05, 3.63) is 42.5 Å². The summed E-state index contributed by atoms with van der Waals surface area (Å²) in [6, 6.07) is 5.15. The van der Waals surface area contributed by atoms with Crippen LogP contribution in [0.1, 0.15) is 40.5 Å². The number of ether oxygens (including phenoxy) is 3. The third-order valence-corrected chi connectivity index (χ3v) is 6.09. The number of esters is 1. The van der Waals surface area contributed by atoms with Crippen molar-refractivity contribution in [1.29, 1.82) is 0 Å². The zero-order valence-electron chi connectivity index (χ0n) is 21.4. The number of methoxy groups -OCH3 is 3. The molecule has 1 aromatic heterocycles. The quantitative estimate of drug-likeness (QED) is 0.412. The highest BCUT2D eigenvalue weighted by atomic mass is 19.1. The van der Waals surface area contributed by atoms with Crippen molar-refractivity contribution in [1.82, 2.24) is 14.9 Å². The number of benzene rings is 1. The van der Waals surface area contributed by atoms with Gasteiger partial charge in [0.1, 0.15) is 17.2 Å². The van der Waals surface area contributed by atoms with Crippen LogP contribution >= 0.6 is 0 Å². The van der Waals surface area contributed by atoms with Gasteiger partial charge in [-0.15, -0.1) is 0 Å². The second-order valence-corrected chi connectivity index (χ2v) is 9.76. The SMILES string of the molecule is C=C(C(=O)OC)N1C(C)(C)CC(Nc2nc(Nc3cc(OC)cc(OC)c3)ncc2F)CC1(C)C. The van der Waals surface area contributed by atoms with Crippen molar-refractivity contribution in [3.63, 3.8) is 0 Å². The molecule has 190 valence electrons. The van der Waals surface area contributed by atoms with Gasteiger partial charge in [-0.05, 0) is 40.5 Å². The van der Waals surface area contributed by atoms with Gasteiger partial charge in [0.25, 0.3) is 0 Å². The average Bonchev–Trinajstić information content (AvgIpc) is 2.78. The van der Waals surface area contributed by atoms with Crippen molar-refractivity contribution in [2.45, 2.75) is 57.7 Å². The van der Waals surface area contributed by atoms with Crippen LogP contribution < -0.4 is 20.1 Å². The first-order chi connectivity index (χ1) is 16.4. The Bertz CT molecular complexity index is 1070. The molecule has 0 atom stereocenters. The second-order valence-electron chi connectivity index (χ2n) is 9.76. The molecule has 0 amide bonds. The number of hydrogen-bond acceptors (Lipinski definition) is 9. The van der Waals surface area contributed by atoms with E-state index in [0.717, 1.165) is 6.20 Å². The number of carbonyl (C=O) groups excluding carboxylic acids is 1. The number of aromatic nitrogens is 2. The van der Waals surface area contributed by atoms with Gasteiger partial charge in [0.15, 0.2) is 11.6 Å². The average molecular weight is 488 g/mol. The Morgan fingerprint density at radius 3 is 2.17 bits per heavy atom. The first-order valence-corrected chi connectivity index (χ1v) is 11.3. The lowest BCUT2D eigenvalue weighted by Gasteiger charge is -2.56. The van der Waals surface area contributed by atoms with Crippen molar-refractivity contribution >= 4 is 23.4 Å². The first-order valence-electron chi connectivity index (χ1n) is 11.3. The second kappa shape index (κ2) is 9.97. The number of carbonyl (C=O) groups is 1. The minimum Gasteiger partial charge on any atom is -0.497 e. The van der Waals surface area contributed by atoms with E-state index < -0.39 is 22.9 Å². The third kappa shape index (κ3) is 5.75. The molecule has 0 bridgehead atoms. The molecule has 0 radical (unpaired) electrons. The topological polar surface area (TPSA) is 97.8 Å². The summed E-state index contributed by atoms with van der Waals surface area (Å²) >= 11 is 0. The highest BCUT2D eigenvalue weighted by Crippen LogP contribution is 2.42. The number of rotatable bonds is 8. The molecule has 1 aromatic carbocycles. The van der Waals surface area contributed by atoms with Gasteiger partial charge in [0, 0.05) is 41.0 Å². The fourth-order valence-electron chi connectivity index (χ4n) is 5.05. The van der Waals surface area contributed by atoms with Gasteiger partial charge >= 0.3 is 5.97 Å². The van der Waals surface area contributed by atoms with Crippen LogP contribution in [0.5, 0.6) is 11.5 Å². The Hall–Kier alpha value is -3.56. The van der Waals surface area contributed by atoms with Gasteiger partial charge in [-0.3, -0.25) is 0 Å². The van der Waals surface area contributed by atoms with Crippen molar-refractivity contribution < 1.29 is 23.4 Å². The summed E-state index contributed by atoms with van der Waals surface area (Å²) in [6.45, 7) is 12.1. The number of nitrogens with zero attached hydrogens (tertiary/aromatic N) is 3. The van der Waals surface area contributed by atoms with Gasteiger partial charge < -0.3 is 29.7 Å². The molecule has 0 aliphatic carbocycles. The van der Waals surface area contributed by atoms with Crippen molar-refractivity contribution in [3.8, 4) is 11.5 Å². The smallest absolute Gasteiger partial charge is 0.353 e. The van der Waals surface area contributed by atoms with Gasteiger partial charge in [0.2, 0.25) is 5.95 Å². The number of hydrogen-bond donors (Lipinski definition) is 2. The number of halogens is 1. The molecular weight excluding hydrogens is 453 g/mol. The molecule has 0 spiro atoms. The zero-order chi connectivity index (χ0) is 26.0. The summed E-state index contributed by atoms with van der Waals surface area (Å²) in [5, 5.41) is 6.32. The summed E-state index contributed by atoms with van der Waals surface area (Å²) < 4.78 is 30.2. The minimum absolute atomic E-state index is 0.0919. The van der Waals surface area contributed by atoms with E-state index in [0.29, 0.717) is 35.7 Å². The Balaban J connectivity index is 1.82. The van der Waals surface area contributed by atoms with E-state index in [1.807, 2.05) is 32.6 Å². The molecule has 3 rings (SSSR count). The minimum atomic E-state index is -0.559. The molecule has 10 heteroatoms. The monoisotopic (exact) mass is 487 g/mol. The molecule has 1 aliphatic heterocycles. The molecule has 0 saturated carbocycles. The van der Waals surface area contributed by atoms with Crippen LogP contribution in [0.15, 0.2) is 36.7 Å². The molecule has 9 nitrogen and oxygen atoms in total. The number of anilines is 3. The summed E-state index contributed by atoms with van der Waals surface area (Å²) in [7, 11) is 4.46. The van der Waals surface area contributed by atoms with E-state index in [9.17, 15) is 9.18 Å². The molecule has 35 heavy (non-hydrogen) atoms. The Morgan fingerprint density at radius 1 is 1.09 bits per heavy atom. The largest absolute Gasteiger partial charge is 0.497 e. The first kappa shape index (κ1) is 26.1. The molecule has 1 saturated heterocycles. The van der Waals surface area contributed by atoms with E-state index in [1.54, 1.807) is 32.4 Å². The molecule has 2 N–H and O–H groups in total. The van der Waals surface area contributed by atoms with E-state index in [4.69, 9.17) is 14.2 Å². The lowest BCUT2D eigenvalue weighted by Crippen LogP contribution is -2.63. The molecule has 2 aromatic rings. The fourth-order valence-corrected chi connectivity index (χ4v) is 5.05. The number of piperidine rings is 1. The van der Waals surface area contributed by atoms with E-state index >= 15 is 0 Å². The molecule has 0 unspecified atom stereocenters. The lowest BCUT2D eigenvalue weighted by atomic mass is 9.76. The van der Waals surface area contributed by atoms with Gasteiger partial charge in [-0.1, -0.05) is 6.58 Å². The zero-order valence-corrected chi connectivity index (χ0v) is 21.4. The lowest BCUT2D eigenvalue weighted by molar-refractivity contribution is -0.141. The van der Waals surface area contributed by atoms with Crippen LogP contribution in [0.4, 0.5) is 21.8 Å². The predicted molar refractivity (Wildman–Crippen MR) is 133 cm³/mol. The van der Waals surface area contributed by atoms with E-state index in [2.05, 4.69) is 27.2 Å². The Morgan fingerprint density at radius 2 is 1.66 bits per heavy atom. The fraction of sp³-hybridized carbons (Fsp3) is 0.480. The molecule has 2 heterocycles. The highest BCUT2D eigenvalue weighted by molar-refractivity contribution is 5.87. The Kier molecular flexibility index (Phi) is 7.42. The van der Waals surface area contributed by atoms with Crippen LogP contribution in [0, 0.1) is 5.82 Å². The van der Waals surface area contributed by atoms with Crippen molar-refractivity contribution in [2.75, 3.05) is 32.0 Å². The van der Waals surface area contributed by atoms with E-state index in [-0.39, 0.29) is 17.8 Å². The van der Waals surface area contributed by atoms with Crippen LogP contribution in [-0.4, -0.2) is 59.3 Å². The van der Waals surface area contributed by atoms with Crippen molar-refractivity contribution in [2.24, 2.45) is 0 Å². The maximum atomic E-state index is 14.7.